The monoisotopic (exact) mass is 325 g/mol. The van der Waals surface area contributed by atoms with Crippen LogP contribution in [0.4, 0.5) is 0 Å². The molecule has 0 bridgehead atoms. The number of benzene rings is 1. The molecule has 2 aromatic rings. The zero-order chi connectivity index (χ0) is 16.9. The van der Waals surface area contributed by atoms with Gasteiger partial charge >= 0.3 is 0 Å². The molecule has 1 aromatic carbocycles. The third kappa shape index (κ3) is 3.81. The first-order chi connectivity index (χ1) is 11.7. The van der Waals surface area contributed by atoms with Crippen LogP contribution in [0.3, 0.4) is 0 Å². The van der Waals surface area contributed by atoms with Crippen LogP contribution in [-0.2, 0) is 13.0 Å². The van der Waals surface area contributed by atoms with Crippen LogP contribution in [0.15, 0.2) is 28.8 Å². The summed E-state index contributed by atoms with van der Waals surface area (Å²) in [7, 11) is 0. The van der Waals surface area contributed by atoms with Crippen LogP contribution in [-0.4, -0.2) is 46.1 Å². The quantitative estimate of drug-likeness (QED) is 0.841. The highest BCUT2D eigenvalue weighted by Gasteiger charge is 2.25. The highest BCUT2D eigenvalue weighted by molar-refractivity contribution is 5.32. The SMILES string of the molecule is CCc1noc([C@H](C)N2CCN(Cc3cccc(C#N)c3)CC2)n1. The molecule has 0 aliphatic carbocycles. The Morgan fingerprint density at radius 3 is 2.75 bits per heavy atom. The lowest BCUT2D eigenvalue weighted by molar-refractivity contribution is 0.0845. The molecule has 0 amide bonds. The Bertz CT molecular complexity index is 712. The summed E-state index contributed by atoms with van der Waals surface area (Å²) in [6.45, 7) is 8.98. The normalized spacial score (nSPS) is 17.5. The van der Waals surface area contributed by atoms with Crippen LogP contribution in [0.2, 0.25) is 0 Å². The predicted molar refractivity (Wildman–Crippen MR) is 90.1 cm³/mol. The van der Waals surface area contributed by atoms with Crippen molar-refractivity contribution in [1.82, 2.24) is 19.9 Å². The maximum Gasteiger partial charge on any atom is 0.243 e. The van der Waals surface area contributed by atoms with Gasteiger partial charge in [-0.2, -0.15) is 10.2 Å². The van der Waals surface area contributed by atoms with Gasteiger partial charge in [-0.3, -0.25) is 9.80 Å². The van der Waals surface area contributed by atoms with E-state index >= 15 is 0 Å². The van der Waals surface area contributed by atoms with Gasteiger partial charge in [0.05, 0.1) is 17.7 Å². The molecule has 1 aliphatic rings. The van der Waals surface area contributed by atoms with Crippen LogP contribution < -0.4 is 0 Å². The first kappa shape index (κ1) is 16.6. The van der Waals surface area contributed by atoms with Crippen molar-refractivity contribution in [2.45, 2.75) is 32.9 Å². The number of hydrogen-bond acceptors (Lipinski definition) is 6. The summed E-state index contributed by atoms with van der Waals surface area (Å²) in [6, 6.07) is 10.2. The Labute approximate surface area is 142 Å². The maximum absolute atomic E-state index is 9.00. The van der Waals surface area contributed by atoms with E-state index < -0.39 is 0 Å². The Hall–Kier alpha value is -2.23. The van der Waals surface area contributed by atoms with Crippen LogP contribution >= 0.6 is 0 Å². The summed E-state index contributed by atoms with van der Waals surface area (Å²) in [5, 5.41) is 13.0. The smallest absolute Gasteiger partial charge is 0.243 e. The van der Waals surface area contributed by atoms with Gasteiger partial charge in [-0.25, -0.2) is 0 Å². The third-order valence-electron chi connectivity index (χ3n) is 4.57. The predicted octanol–water partition coefficient (Wildman–Crippen LogP) is 2.38. The molecule has 1 aromatic heterocycles. The van der Waals surface area contributed by atoms with Gasteiger partial charge in [-0.05, 0) is 24.6 Å². The van der Waals surface area contributed by atoms with Gasteiger partial charge in [0.25, 0.3) is 0 Å². The molecule has 1 saturated heterocycles. The van der Waals surface area contributed by atoms with Crippen LogP contribution in [0.5, 0.6) is 0 Å². The molecule has 0 unspecified atom stereocenters. The molecule has 1 aliphatic heterocycles. The van der Waals surface area contributed by atoms with Crippen LogP contribution in [0, 0.1) is 11.3 Å². The van der Waals surface area contributed by atoms with Crippen molar-refractivity contribution >= 4 is 0 Å². The van der Waals surface area contributed by atoms with E-state index in [2.05, 4.69) is 39.0 Å². The number of piperazine rings is 1. The second kappa shape index (κ2) is 7.56. The molecule has 2 heterocycles. The summed E-state index contributed by atoms with van der Waals surface area (Å²) in [5.41, 5.74) is 1.92. The summed E-state index contributed by atoms with van der Waals surface area (Å²) in [5.74, 6) is 1.48. The number of hydrogen-bond donors (Lipinski definition) is 0. The lowest BCUT2D eigenvalue weighted by Crippen LogP contribution is -2.46. The minimum absolute atomic E-state index is 0.155. The summed E-state index contributed by atoms with van der Waals surface area (Å²) in [6.07, 6.45) is 0.797. The number of aryl methyl sites for hydroxylation is 1. The topological polar surface area (TPSA) is 69.2 Å². The zero-order valence-corrected chi connectivity index (χ0v) is 14.3. The van der Waals surface area contributed by atoms with E-state index in [4.69, 9.17) is 9.78 Å². The number of rotatable bonds is 5. The first-order valence-electron chi connectivity index (χ1n) is 8.47. The Kier molecular flexibility index (Phi) is 5.24. The fourth-order valence-corrected chi connectivity index (χ4v) is 3.04. The Morgan fingerprint density at radius 2 is 2.08 bits per heavy atom. The van der Waals surface area contributed by atoms with E-state index in [1.165, 1.54) is 5.56 Å². The van der Waals surface area contributed by atoms with Gasteiger partial charge < -0.3 is 4.52 Å². The van der Waals surface area contributed by atoms with Crippen molar-refractivity contribution in [3.8, 4) is 6.07 Å². The standard InChI is InChI=1S/C18H23N5O/c1-3-17-20-18(24-21-17)14(2)23-9-7-22(8-10-23)13-16-6-4-5-15(11-16)12-19/h4-6,11,14H,3,7-10,13H2,1-2H3/t14-/m0/s1. The van der Waals surface area contributed by atoms with Crippen molar-refractivity contribution < 1.29 is 4.52 Å². The average molecular weight is 325 g/mol. The van der Waals surface area contributed by atoms with Gasteiger partial charge in [-0.1, -0.05) is 24.2 Å². The van der Waals surface area contributed by atoms with E-state index in [0.717, 1.165) is 50.5 Å². The fraction of sp³-hybridized carbons (Fsp3) is 0.500. The summed E-state index contributed by atoms with van der Waals surface area (Å²) >= 11 is 0. The molecule has 1 atom stereocenters. The largest absolute Gasteiger partial charge is 0.338 e. The molecule has 0 spiro atoms. The summed E-state index contributed by atoms with van der Waals surface area (Å²) in [4.78, 5) is 9.25. The molecule has 24 heavy (non-hydrogen) atoms. The molecule has 0 N–H and O–H groups in total. The highest BCUT2D eigenvalue weighted by atomic mass is 16.5. The highest BCUT2D eigenvalue weighted by Crippen LogP contribution is 2.21. The van der Waals surface area contributed by atoms with Crippen molar-refractivity contribution in [3.05, 3.63) is 47.1 Å². The van der Waals surface area contributed by atoms with Gasteiger partial charge in [0, 0.05) is 39.1 Å². The number of nitrogens with zero attached hydrogens (tertiary/aromatic N) is 5. The van der Waals surface area contributed by atoms with Crippen molar-refractivity contribution in [2.75, 3.05) is 26.2 Å². The lowest BCUT2D eigenvalue weighted by atomic mass is 10.1. The van der Waals surface area contributed by atoms with Gasteiger partial charge in [0.2, 0.25) is 5.89 Å². The molecule has 6 nitrogen and oxygen atoms in total. The van der Waals surface area contributed by atoms with Crippen LogP contribution in [0.25, 0.3) is 0 Å². The molecule has 126 valence electrons. The van der Waals surface area contributed by atoms with E-state index in [0.29, 0.717) is 5.89 Å². The number of nitriles is 1. The minimum atomic E-state index is 0.155. The van der Waals surface area contributed by atoms with E-state index in [9.17, 15) is 0 Å². The van der Waals surface area contributed by atoms with E-state index in [1.54, 1.807) is 0 Å². The molecular formula is C18H23N5O. The van der Waals surface area contributed by atoms with Gasteiger partial charge in [0.15, 0.2) is 5.82 Å². The molecule has 0 saturated carbocycles. The van der Waals surface area contributed by atoms with Crippen molar-refractivity contribution in [3.63, 3.8) is 0 Å². The molecule has 1 fully saturated rings. The summed E-state index contributed by atoms with van der Waals surface area (Å²) < 4.78 is 5.37. The van der Waals surface area contributed by atoms with Gasteiger partial charge in [0.1, 0.15) is 0 Å². The molecular weight excluding hydrogens is 302 g/mol. The Morgan fingerprint density at radius 1 is 1.29 bits per heavy atom. The lowest BCUT2D eigenvalue weighted by Gasteiger charge is -2.36. The van der Waals surface area contributed by atoms with Gasteiger partial charge in [-0.15, -0.1) is 0 Å². The van der Waals surface area contributed by atoms with E-state index in [1.807, 2.05) is 25.1 Å². The Balaban J connectivity index is 1.54. The fourth-order valence-electron chi connectivity index (χ4n) is 3.04. The second-order valence-electron chi connectivity index (χ2n) is 6.20. The van der Waals surface area contributed by atoms with Crippen LogP contribution in [0.1, 0.15) is 42.7 Å². The van der Waals surface area contributed by atoms with E-state index in [-0.39, 0.29) is 6.04 Å². The van der Waals surface area contributed by atoms with Crippen molar-refractivity contribution in [1.29, 1.82) is 5.26 Å². The second-order valence-corrected chi connectivity index (χ2v) is 6.20. The first-order valence-corrected chi connectivity index (χ1v) is 8.47. The molecule has 6 heteroatoms. The average Bonchev–Trinajstić information content (AvgIpc) is 3.11. The minimum Gasteiger partial charge on any atom is -0.338 e. The third-order valence-corrected chi connectivity index (χ3v) is 4.57. The zero-order valence-electron chi connectivity index (χ0n) is 14.3. The maximum atomic E-state index is 9.00. The molecule has 3 rings (SSSR count). The molecule has 0 radical (unpaired) electrons. The van der Waals surface area contributed by atoms with Crippen molar-refractivity contribution in [2.24, 2.45) is 0 Å². The number of aromatic nitrogens is 2.